The Kier molecular flexibility index (Phi) is 6.34. The molecule has 0 aliphatic rings. The summed E-state index contributed by atoms with van der Waals surface area (Å²) < 4.78 is 39.6. The van der Waals surface area contributed by atoms with Gasteiger partial charge in [0.05, 0.1) is 6.04 Å². The molecule has 3 aromatic rings. The molecule has 0 spiro atoms. The van der Waals surface area contributed by atoms with Crippen molar-refractivity contribution in [3.63, 3.8) is 0 Å². The molecule has 2 aromatic carbocycles. The molecule has 1 amide bonds. The first kappa shape index (κ1) is 22.3. The van der Waals surface area contributed by atoms with Gasteiger partial charge in [0.1, 0.15) is 11.3 Å². The molecule has 0 unspecified atom stereocenters. The third kappa shape index (κ3) is 5.05. The Bertz CT molecular complexity index is 1090. The second-order valence-corrected chi connectivity index (χ2v) is 7.49. The Morgan fingerprint density at radius 3 is 1.87 bits per heavy atom. The van der Waals surface area contributed by atoms with E-state index in [9.17, 15) is 22.8 Å². The van der Waals surface area contributed by atoms with Crippen molar-refractivity contribution in [2.45, 2.75) is 39.4 Å². The van der Waals surface area contributed by atoms with Crippen LogP contribution in [0, 0.1) is 13.8 Å². The van der Waals surface area contributed by atoms with Crippen molar-refractivity contribution in [2.75, 3.05) is 0 Å². The highest BCUT2D eigenvalue weighted by atomic mass is 19.4. The predicted molar refractivity (Wildman–Crippen MR) is 113 cm³/mol. The van der Waals surface area contributed by atoms with Gasteiger partial charge < -0.3 is 10.3 Å². The fraction of sp³-hybridized carbons (Fsp3) is 0.250. The molecule has 0 saturated carbocycles. The predicted octanol–water partition coefficient (Wildman–Crippen LogP) is 5.09. The van der Waals surface area contributed by atoms with Gasteiger partial charge in [0.15, 0.2) is 0 Å². The van der Waals surface area contributed by atoms with E-state index in [1.54, 1.807) is 0 Å². The van der Waals surface area contributed by atoms with Crippen LogP contribution in [0.15, 0.2) is 59.4 Å². The standard InChI is InChI=1S/C24H23F3N2O2/c1-4-16-13-19(23(31)29-21(16)24(25,26)27)22(30)28-20(17-9-5-14(2)6-10-17)18-11-7-15(3)8-12-18/h5-13,20H,4H2,1-3H3,(H,28,30)(H,29,31). The van der Waals surface area contributed by atoms with Gasteiger partial charge in [-0.1, -0.05) is 66.6 Å². The van der Waals surface area contributed by atoms with Gasteiger partial charge >= 0.3 is 6.18 Å². The Morgan fingerprint density at radius 2 is 1.45 bits per heavy atom. The number of carbonyl (C=O) groups excluding carboxylic acids is 1. The molecular formula is C24H23F3N2O2. The SMILES string of the molecule is CCc1cc(C(=O)NC(c2ccc(C)cc2)c2ccc(C)cc2)c(=O)[nH]c1C(F)(F)F. The van der Waals surface area contributed by atoms with Crippen LogP contribution in [-0.4, -0.2) is 10.9 Å². The number of aryl methyl sites for hydroxylation is 3. The normalized spacial score (nSPS) is 11.6. The van der Waals surface area contributed by atoms with Crippen LogP contribution in [0.1, 0.15) is 56.8 Å². The molecule has 0 aliphatic heterocycles. The maximum Gasteiger partial charge on any atom is 0.431 e. The Balaban J connectivity index is 2.02. The molecule has 4 nitrogen and oxygen atoms in total. The lowest BCUT2D eigenvalue weighted by molar-refractivity contribution is -0.141. The van der Waals surface area contributed by atoms with Crippen molar-refractivity contribution in [2.24, 2.45) is 0 Å². The Labute approximate surface area is 178 Å². The van der Waals surface area contributed by atoms with E-state index in [1.807, 2.05) is 67.4 Å². The van der Waals surface area contributed by atoms with E-state index in [0.717, 1.165) is 28.3 Å². The summed E-state index contributed by atoms with van der Waals surface area (Å²) in [4.78, 5) is 27.1. The lowest BCUT2D eigenvalue weighted by Crippen LogP contribution is -2.34. The van der Waals surface area contributed by atoms with Gasteiger partial charge in [0.25, 0.3) is 11.5 Å². The first-order chi connectivity index (χ1) is 14.6. The lowest BCUT2D eigenvalue weighted by Gasteiger charge is -2.21. The smallest absolute Gasteiger partial charge is 0.341 e. The van der Waals surface area contributed by atoms with Gasteiger partial charge in [0, 0.05) is 0 Å². The van der Waals surface area contributed by atoms with Crippen molar-refractivity contribution in [1.82, 2.24) is 10.3 Å². The zero-order chi connectivity index (χ0) is 22.8. The van der Waals surface area contributed by atoms with Crippen LogP contribution in [-0.2, 0) is 12.6 Å². The summed E-state index contributed by atoms with van der Waals surface area (Å²) >= 11 is 0. The summed E-state index contributed by atoms with van der Waals surface area (Å²) in [5.74, 6) is -0.740. The molecule has 1 heterocycles. The van der Waals surface area contributed by atoms with Crippen LogP contribution in [0.2, 0.25) is 0 Å². The minimum Gasteiger partial charge on any atom is -0.341 e. The van der Waals surface area contributed by atoms with Gasteiger partial charge in [-0.15, -0.1) is 0 Å². The molecule has 0 fully saturated rings. The molecule has 2 N–H and O–H groups in total. The summed E-state index contributed by atoms with van der Waals surface area (Å²) in [5.41, 5.74) is 0.991. The maximum absolute atomic E-state index is 13.2. The first-order valence-electron chi connectivity index (χ1n) is 9.87. The van der Waals surface area contributed by atoms with Crippen LogP contribution in [0.5, 0.6) is 0 Å². The number of alkyl halides is 3. The summed E-state index contributed by atoms with van der Waals surface area (Å²) in [5, 5.41) is 2.81. The highest BCUT2D eigenvalue weighted by molar-refractivity contribution is 5.94. The third-order valence-electron chi connectivity index (χ3n) is 5.13. The molecule has 0 saturated heterocycles. The average Bonchev–Trinajstić information content (AvgIpc) is 2.72. The molecule has 162 valence electrons. The number of amides is 1. The fourth-order valence-corrected chi connectivity index (χ4v) is 3.36. The van der Waals surface area contributed by atoms with E-state index in [0.29, 0.717) is 0 Å². The fourth-order valence-electron chi connectivity index (χ4n) is 3.36. The van der Waals surface area contributed by atoms with E-state index in [4.69, 9.17) is 0 Å². The van der Waals surface area contributed by atoms with Gasteiger partial charge in [-0.05, 0) is 43.0 Å². The molecule has 0 radical (unpaired) electrons. The van der Waals surface area contributed by atoms with Crippen LogP contribution >= 0.6 is 0 Å². The number of nitrogens with one attached hydrogen (secondary N) is 2. The number of rotatable bonds is 5. The van der Waals surface area contributed by atoms with Gasteiger partial charge in [-0.25, -0.2) is 0 Å². The van der Waals surface area contributed by atoms with Crippen LogP contribution in [0.25, 0.3) is 0 Å². The molecule has 31 heavy (non-hydrogen) atoms. The van der Waals surface area contributed by atoms with E-state index in [1.165, 1.54) is 6.92 Å². The van der Waals surface area contributed by atoms with Crippen LogP contribution < -0.4 is 10.9 Å². The van der Waals surface area contributed by atoms with Gasteiger partial charge in [-0.3, -0.25) is 9.59 Å². The lowest BCUT2D eigenvalue weighted by atomic mass is 9.96. The van der Waals surface area contributed by atoms with Crippen molar-refractivity contribution >= 4 is 5.91 Å². The number of pyridine rings is 1. The van der Waals surface area contributed by atoms with Crippen molar-refractivity contribution in [3.8, 4) is 0 Å². The van der Waals surface area contributed by atoms with Gasteiger partial charge in [0.2, 0.25) is 0 Å². The molecule has 1 aromatic heterocycles. The Morgan fingerprint density at radius 1 is 0.968 bits per heavy atom. The molecule has 0 atom stereocenters. The van der Waals surface area contributed by atoms with Crippen molar-refractivity contribution < 1.29 is 18.0 Å². The van der Waals surface area contributed by atoms with Crippen LogP contribution in [0.3, 0.4) is 0 Å². The number of carbonyl (C=O) groups is 1. The number of halogens is 3. The number of hydrogen-bond donors (Lipinski definition) is 2. The Hall–Kier alpha value is -3.35. The van der Waals surface area contributed by atoms with E-state index in [-0.39, 0.29) is 17.5 Å². The van der Waals surface area contributed by atoms with Crippen molar-refractivity contribution in [3.05, 3.63) is 104 Å². The minimum absolute atomic E-state index is 0.0191. The zero-order valence-corrected chi connectivity index (χ0v) is 17.4. The highest BCUT2D eigenvalue weighted by Gasteiger charge is 2.35. The minimum atomic E-state index is -4.70. The number of benzene rings is 2. The largest absolute Gasteiger partial charge is 0.431 e. The number of aromatic nitrogens is 1. The molecule has 0 aliphatic carbocycles. The molecule has 3 rings (SSSR count). The van der Waals surface area contributed by atoms with E-state index >= 15 is 0 Å². The highest BCUT2D eigenvalue weighted by Crippen LogP contribution is 2.30. The van der Waals surface area contributed by atoms with Crippen molar-refractivity contribution in [1.29, 1.82) is 0 Å². The summed E-state index contributed by atoms with van der Waals surface area (Å²) in [6.07, 6.45) is -4.68. The average molecular weight is 428 g/mol. The second kappa shape index (κ2) is 8.79. The maximum atomic E-state index is 13.2. The number of H-pyrrole nitrogens is 1. The quantitative estimate of drug-likeness (QED) is 0.595. The third-order valence-corrected chi connectivity index (χ3v) is 5.13. The number of aromatic amines is 1. The topological polar surface area (TPSA) is 62.0 Å². The molecule has 7 heteroatoms. The molecular weight excluding hydrogens is 405 g/mol. The van der Waals surface area contributed by atoms with E-state index in [2.05, 4.69) is 5.32 Å². The van der Waals surface area contributed by atoms with E-state index < -0.39 is 29.4 Å². The zero-order valence-electron chi connectivity index (χ0n) is 17.4. The number of hydrogen-bond acceptors (Lipinski definition) is 2. The molecule has 0 bridgehead atoms. The first-order valence-corrected chi connectivity index (χ1v) is 9.87. The summed E-state index contributed by atoms with van der Waals surface area (Å²) in [6.45, 7) is 5.42. The second-order valence-electron chi connectivity index (χ2n) is 7.49. The van der Waals surface area contributed by atoms with Gasteiger partial charge in [-0.2, -0.15) is 13.2 Å². The summed E-state index contributed by atoms with van der Waals surface area (Å²) in [6, 6.07) is 15.6. The monoisotopic (exact) mass is 428 g/mol. The van der Waals surface area contributed by atoms with Crippen LogP contribution in [0.4, 0.5) is 13.2 Å². The summed E-state index contributed by atoms with van der Waals surface area (Å²) in [7, 11) is 0.